The highest BCUT2D eigenvalue weighted by molar-refractivity contribution is 7.99. The lowest BCUT2D eigenvalue weighted by Crippen LogP contribution is -2.48. The van der Waals surface area contributed by atoms with Gasteiger partial charge in [-0.2, -0.15) is 0 Å². The maximum Gasteiger partial charge on any atom is 0.240 e. The van der Waals surface area contributed by atoms with Crippen molar-refractivity contribution in [1.82, 2.24) is 10.2 Å². The molecular formula is C10H18N2OS. The van der Waals surface area contributed by atoms with E-state index < -0.39 is 0 Å². The van der Waals surface area contributed by atoms with Crippen molar-refractivity contribution in [2.45, 2.75) is 25.8 Å². The van der Waals surface area contributed by atoms with Gasteiger partial charge in [-0.25, -0.2) is 0 Å². The van der Waals surface area contributed by atoms with Crippen LogP contribution in [0.4, 0.5) is 0 Å². The highest BCUT2D eigenvalue weighted by Gasteiger charge is 2.29. The van der Waals surface area contributed by atoms with E-state index in [1.807, 2.05) is 16.7 Å². The Kier molecular flexibility index (Phi) is 3.34. The largest absolute Gasteiger partial charge is 0.341 e. The van der Waals surface area contributed by atoms with Gasteiger partial charge in [-0.1, -0.05) is 6.92 Å². The molecule has 14 heavy (non-hydrogen) atoms. The van der Waals surface area contributed by atoms with E-state index in [2.05, 4.69) is 12.2 Å². The average Bonchev–Trinajstić information content (AvgIpc) is 2.69. The van der Waals surface area contributed by atoms with Gasteiger partial charge >= 0.3 is 0 Å². The van der Waals surface area contributed by atoms with E-state index in [1.165, 1.54) is 12.8 Å². The molecule has 0 radical (unpaired) electrons. The van der Waals surface area contributed by atoms with Crippen molar-refractivity contribution in [1.29, 1.82) is 0 Å². The number of amides is 1. The topological polar surface area (TPSA) is 32.3 Å². The van der Waals surface area contributed by atoms with Crippen molar-refractivity contribution in [2.24, 2.45) is 5.92 Å². The van der Waals surface area contributed by atoms with E-state index in [-0.39, 0.29) is 6.04 Å². The standard InChI is InChI=1S/C10H18N2OS/c1-8-3-2-4-12(5-8)10(13)9-6-14-7-11-9/h8-9,11H,2-7H2,1H3. The molecule has 2 unspecified atom stereocenters. The Labute approximate surface area is 89.6 Å². The van der Waals surface area contributed by atoms with Gasteiger partial charge in [0.05, 0.1) is 6.04 Å². The van der Waals surface area contributed by atoms with Crippen molar-refractivity contribution >= 4 is 17.7 Å². The van der Waals surface area contributed by atoms with Crippen LogP contribution in [0.25, 0.3) is 0 Å². The van der Waals surface area contributed by atoms with Gasteiger partial charge in [-0.15, -0.1) is 11.8 Å². The summed E-state index contributed by atoms with van der Waals surface area (Å²) < 4.78 is 0. The fourth-order valence-electron chi connectivity index (χ4n) is 2.16. The number of likely N-dealkylation sites (tertiary alicyclic amines) is 1. The Morgan fingerprint density at radius 3 is 3.07 bits per heavy atom. The molecule has 2 aliphatic heterocycles. The number of nitrogens with zero attached hydrogens (tertiary/aromatic N) is 1. The SMILES string of the molecule is CC1CCCN(C(=O)C2CSCN2)C1. The lowest BCUT2D eigenvalue weighted by atomic mass is 10.00. The zero-order valence-electron chi connectivity index (χ0n) is 8.66. The van der Waals surface area contributed by atoms with Crippen LogP contribution in [0.2, 0.25) is 0 Å². The van der Waals surface area contributed by atoms with Gasteiger partial charge < -0.3 is 4.90 Å². The first-order valence-electron chi connectivity index (χ1n) is 5.37. The monoisotopic (exact) mass is 214 g/mol. The molecule has 0 aliphatic carbocycles. The molecule has 1 amide bonds. The first kappa shape index (κ1) is 10.3. The van der Waals surface area contributed by atoms with E-state index in [1.54, 1.807) is 0 Å². The second kappa shape index (κ2) is 4.53. The van der Waals surface area contributed by atoms with Crippen molar-refractivity contribution < 1.29 is 4.79 Å². The molecular weight excluding hydrogens is 196 g/mol. The highest BCUT2D eigenvalue weighted by atomic mass is 32.2. The molecule has 4 heteroatoms. The zero-order chi connectivity index (χ0) is 9.97. The first-order valence-corrected chi connectivity index (χ1v) is 6.53. The molecule has 0 aromatic heterocycles. The summed E-state index contributed by atoms with van der Waals surface area (Å²) in [4.78, 5) is 14.0. The summed E-state index contributed by atoms with van der Waals surface area (Å²) in [6.07, 6.45) is 2.45. The fourth-order valence-corrected chi connectivity index (χ4v) is 3.10. The summed E-state index contributed by atoms with van der Waals surface area (Å²) in [5.74, 6) is 2.88. The summed E-state index contributed by atoms with van der Waals surface area (Å²) in [6.45, 7) is 4.16. The Morgan fingerprint density at radius 1 is 1.57 bits per heavy atom. The quantitative estimate of drug-likeness (QED) is 0.704. The highest BCUT2D eigenvalue weighted by Crippen LogP contribution is 2.18. The number of carbonyl (C=O) groups is 1. The van der Waals surface area contributed by atoms with Gasteiger partial charge in [0.2, 0.25) is 5.91 Å². The van der Waals surface area contributed by atoms with Crippen LogP contribution in [-0.2, 0) is 4.79 Å². The lowest BCUT2D eigenvalue weighted by molar-refractivity contribution is -0.134. The fraction of sp³-hybridized carbons (Fsp3) is 0.900. The smallest absolute Gasteiger partial charge is 0.240 e. The molecule has 3 nitrogen and oxygen atoms in total. The van der Waals surface area contributed by atoms with Crippen molar-refractivity contribution in [3.05, 3.63) is 0 Å². The third-order valence-electron chi connectivity index (χ3n) is 2.98. The Bertz CT molecular complexity index is 216. The second-order valence-corrected chi connectivity index (χ2v) is 5.33. The number of carbonyl (C=O) groups excluding carboxylic acids is 1. The predicted molar refractivity (Wildman–Crippen MR) is 59.2 cm³/mol. The van der Waals surface area contributed by atoms with E-state index in [4.69, 9.17) is 0 Å². The Morgan fingerprint density at radius 2 is 2.43 bits per heavy atom. The third kappa shape index (κ3) is 2.23. The van der Waals surface area contributed by atoms with Crippen LogP contribution >= 0.6 is 11.8 Å². The van der Waals surface area contributed by atoms with Crippen LogP contribution < -0.4 is 5.32 Å². The molecule has 2 fully saturated rings. The van der Waals surface area contributed by atoms with Crippen LogP contribution in [-0.4, -0.2) is 41.6 Å². The van der Waals surface area contributed by atoms with Crippen molar-refractivity contribution in [3.63, 3.8) is 0 Å². The molecule has 2 aliphatic rings. The van der Waals surface area contributed by atoms with Gasteiger partial charge in [0.15, 0.2) is 0 Å². The van der Waals surface area contributed by atoms with Gasteiger partial charge in [0, 0.05) is 24.7 Å². The van der Waals surface area contributed by atoms with E-state index in [0.29, 0.717) is 11.8 Å². The van der Waals surface area contributed by atoms with Gasteiger partial charge in [-0.3, -0.25) is 10.1 Å². The van der Waals surface area contributed by atoms with Crippen LogP contribution in [0.15, 0.2) is 0 Å². The minimum atomic E-state index is 0.0882. The normalized spacial score (nSPS) is 33.4. The molecule has 0 aromatic rings. The number of thioether (sulfide) groups is 1. The molecule has 2 atom stereocenters. The first-order chi connectivity index (χ1) is 6.77. The molecule has 2 rings (SSSR count). The predicted octanol–water partition coefficient (Wildman–Crippen LogP) is 0.907. The molecule has 1 N–H and O–H groups in total. The minimum Gasteiger partial charge on any atom is -0.341 e. The summed E-state index contributed by atoms with van der Waals surface area (Å²) >= 11 is 1.82. The van der Waals surface area contributed by atoms with Crippen LogP contribution in [0.3, 0.4) is 0 Å². The van der Waals surface area contributed by atoms with Gasteiger partial charge in [0.1, 0.15) is 0 Å². The maximum absolute atomic E-state index is 12.0. The van der Waals surface area contributed by atoms with Crippen molar-refractivity contribution in [2.75, 3.05) is 24.7 Å². The summed E-state index contributed by atoms with van der Waals surface area (Å²) in [5, 5.41) is 3.24. The summed E-state index contributed by atoms with van der Waals surface area (Å²) in [6, 6.07) is 0.0882. The maximum atomic E-state index is 12.0. The van der Waals surface area contributed by atoms with Gasteiger partial charge in [0.25, 0.3) is 0 Å². The molecule has 0 spiro atoms. The Hall–Kier alpha value is -0.220. The average molecular weight is 214 g/mol. The molecule has 0 aromatic carbocycles. The summed E-state index contributed by atoms with van der Waals surface area (Å²) in [5.41, 5.74) is 0. The molecule has 80 valence electrons. The zero-order valence-corrected chi connectivity index (χ0v) is 9.48. The van der Waals surface area contributed by atoms with Crippen molar-refractivity contribution in [3.8, 4) is 0 Å². The number of nitrogens with one attached hydrogen (secondary N) is 1. The Balaban J connectivity index is 1.89. The van der Waals surface area contributed by atoms with Crippen LogP contribution in [0.1, 0.15) is 19.8 Å². The number of hydrogen-bond acceptors (Lipinski definition) is 3. The molecule has 0 bridgehead atoms. The lowest BCUT2D eigenvalue weighted by Gasteiger charge is -2.32. The van der Waals surface area contributed by atoms with Crippen LogP contribution in [0, 0.1) is 5.92 Å². The van der Waals surface area contributed by atoms with Gasteiger partial charge in [-0.05, 0) is 18.8 Å². The summed E-state index contributed by atoms with van der Waals surface area (Å²) in [7, 11) is 0. The van der Waals surface area contributed by atoms with Crippen LogP contribution in [0.5, 0.6) is 0 Å². The van der Waals surface area contributed by atoms with E-state index in [0.717, 1.165) is 24.7 Å². The van der Waals surface area contributed by atoms with E-state index in [9.17, 15) is 4.79 Å². The number of rotatable bonds is 1. The third-order valence-corrected chi connectivity index (χ3v) is 3.92. The number of hydrogen-bond donors (Lipinski definition) is 1. The van der Waals surface area contributed by atoms with E-state index >= 15 is 0 Å². The molecule has 0 saturated carbocycles. The second-order valence-electron chi connectivity index (χ2n) is 4.30. The minimum absolute atomic E-state index is 0.0882. The molecule has 2 heterocycles. The molecule has 2 saturated heterocycles. The number of piperidine rings is 1.